The van der Waals surface area contributed by atoms with Gasteiger partial charge in [0.15, 0.2) is 0 Å². The van der Waals surface area contributed by atoms with Gasteiger partial charge in [-0.3, -0.25) is 4.98 Å². The molecule has 1 aliphatic rings. The van der Waals surface area contributed by atoms with Gasteiger partial charge in [-0.05, 0) is 18.9 Å². The molecule has 0 spiro atoms. The van der Waals surface area contributed by atoms with Crippen molar-refractivity contribution in [3.63, 3.8) is 0 Å². The Morgan fingerprint density at radius 2 is 2.50 bits per heavy atom. The molecule has 0 saturated heterocycles. The van der Waals surface area contributed by atoms with E-state index in [2.05, 4.69) is 4.98 Å². The molecule has 1 heterocycles. The van der Waals surface area contributed by atoms with Gasteiger partial charge in [0.1, 0.15) is 11.8 Å². The van der Waals surface area contributed by atoms with E-state index < -0.39 is 11.8 Å². The Morgan fingerprint density at radius 1 is 1.67 bits per heavy atom. The van der Waals surface area contributed by atoms with Crippen molar-refractivity contribution in [1.29, 1.82) is 0 Å². The Bertz CT molecular complexity index is 277. The van der Waals surface area contributed by atoms with Crippen LogP contribution in [0.3, 0.4) is 0 Å². The highest BCUT2D eigenvalue weighted by molar-refractivity contribution is 5.23. The summed E-state index contributed by atoms with van der Waals surface area (Å²) in [5.41, 5.74) is -0.669. The monoisotopic (exact) mass is 167 g/mol. The lowest BCUT2D eigenvalue weighted by molar-refractivity contribution is -0.114. The topological polar surface area (TPSA) is 33.1 Å². The van der Waals surface area contributed by atoms with Gasteiger partial charge < -0.3 is 5.11 Å². The highest BCUT2D eigenvalue weighted by Crippen LogP contribution is 2.42. The molecule has 0 aliphatic heterocycles. The predicted octanol–water partition coefficient (Wildman–Crippen LogP) is 1.40. The molecule has 2 rings (SSSR count). The highest BCUT2D eigenvalue weighted by atomic mass is 19.1. The second-order valence-electron chi connectivity index (χ2n) is 3.17. The van der Waals surface area contributed by atoms with E-state index in [0.717, 1.165) is 0 Å². The van der Waals surface area contributed by atoms with Crippen molar-refractivity contribution in [2.75, 3.05) is 0 Å². The lowest BCUT2D eigenvalue weighted by atomic mass is 9.74. The first-order valence-electron chi connectivity index (χ1n) is 4.00. The van der Waals surface area contributed by atoms with Gasteiger partial charge in [0, 0.05) is 18.0 Å². The molecule has 64 valence electrons. The molecule has 1 aromatic rings. The number of alkyl halides is 1. The fourth-order valence-corrected chi connectivity index (χ4v) is 1.47. The van der Waals surface area contributed by atoms with Crippen LogP contribution in [0.25, 0.3) is 0 Å². The minimum absolute atomic E-state index is 0.450. The average molecular weight is 167 g/mol. The Morgan fingerprint density at radius 3 is 2.92 bits per heavy atom. The second-order valence-corrected chi connectivity index (χ2v) is 3.17. The number of pyridine rings is 1. The molecule has 0 bridgehead atoms. The number of rotatable bonds is 1. The van der Waals surface area contributed by atoms with Crippen molar-refractivity contribution in [3.8, 4) is 0 Å². The van der Waals surface area contributed by atoms with E-state index in [0.29, 0.717) is 18.4 Å². The summed E-state index contributed by atoms with van der Waals surface area (Å²) in [4.78, 5) is 3.84. The fraction of sp³-hybridized carbons (Fsp3) is 0.444. The molecule has 1 fully saturated rings. The zero-order valence-corrected chi connectivity index (χ0v) is 6.57. The number of aromatic nitrogens is 1. The fourth-order valence-electron chi connectivity index (χ4n) is 1.47. The summed E-state index contributed by atoms with van der Waals surface area (Å²) in [6.07, 6.45) is 2.96. The zero-order valence-electron chi connectivity index (χ0n) is 6.57. The minimum atomic E-state index is -1.26. The maximum Gasteiger partial charge on any atom is 0.133 e. The van der Waals surface area contributed by atoms with Crippen molar-refractivity contribution in [2.45, 2.75) is 24.6 Å². The van der Waals surface area contributed by atoms with Crippen LogP contribution in [0.5, 0.6) is 0 Å². The highest BCUT2D eigenvalue weighted by Gasteiger charge is 2.47. The van der Waals surface area contributed by atoms with Gasteiger partial charge in [0.05, 0.1) is 0 Å². The quantitative estimate of drug-likeness (QED) is 0.685. The number of nitrogens with zero attached hydrogens (tertiary/aromatic N) is 1. The van der Waals surface area contributed by atoms with Gasteiger partial charge in [0.25, 0.3) is 0 Å². The van der Waals surface area contributed by atoms with Crippen molar-refractivity contribution in [2.24, 2.45) is 0 Å². The summed E-state index contributed by atoms with van der Waals surface area (Å²) in [5, 5.41) is 9.73. The third kappa shape index (κ3) is 0.932. The largest absolute Gasteiger partial charge is 0.382 e. The minimum Gasteiger partial charge on any atom is -0.382 e. The molecule has 2 nitrogen and oxygen atoms in total. The van der Waals surface area contributed by atoms with Crippen LogP contribution >= 0.6 is 0 Å². The normalized spacial score (nSPS) is 34.3. The summed E-state index contributed by atoms with van der Waals surface area (Å²) < 4.78 is 13.0. The van der Waals surface area contributed by atoms with Crippen molar-refractivity contribution in [3.05, 3.63) is 30.1 Å². The molecule has 0 amide bonds. The first-order chi connectivity index (χ1) is 5.73. The SMILES string of the molecule is O[C@@]1(c2cccnc2)CC[C@H]1F. The van der Waals surface area contributed by atoms with Crippen LogP contribution < -0.4 is 0 Å². The Kier molecular flexibility index (Phi) is 1.61. The Labute approximate surface area is 70.1 Å². The van der Waals surface area contributed by atoms with E-state index in [1.807, 2.05) is 0 Å². The summed E-state index contributed by atoms with van der Waals surface area (Å²) >= 11 is 0. The van der Waals surface area contributed by atoms with E-state index >= 15 is 0 Å². The maximum atomic E-state index is 13.0. The van der Waals surface area contributed by atoms with Crippen LogP contribution in [0, 0.1) is 0 Å². The van der Waals surface area contributed by atoms with Crippen LogP contribution in [0.2, 0.25) is 0 Å². The molecule has 1 saturated carbocycles. The van der Waals surface area contributed by atoms with Gasteiger partial charge >= 0.3 is 0 Å². The van der Waals surface area contributed by atoms with Crippen LogP contribution in [0.15, 0.2) is 24.5 Å². The van der Waals surface area contributed by atoms with Crippen LogP contribution in [-0.4, -0.2) is 16.3 Å². The van der Waals surface area contributed by atoms with Crippen LogP contribution in [0.1, 0.15) is 18.4 Å². The second kappa shape index (κ2) is 2.52. The maximum absolute atomic E-state index is 13.0. The summed E-state index contributed by atoms with van der Waals surface area (Å²) in [6.45, 7) is 0. The first kappa shape index (κ1) is 7.68. The molecular formula is C9H10FNO. The van der Waals surface area contributed by atoms with E-state index in [1.165, 1.54) is 6.20 Å². The number of aliphatic hydroxyl groups is 1. The molecule has 2 atom stereocenters. The lowest BCUT2D eigenvalue weighted by Crippen LogP contribution is -2.46. The number of hydrogen-bond acceptors (Lipinski definition) is 2. The molecule has 0 radical (unpaired) electrons. The molecule has 0 unspecified atom stereocenters. The molecule has 1 aromatic heterocycles. The van der Waals surface area contributed by atoms with Gasteiger partial charge in [-0.25, -0.2) is 4.39 Å². The van der Waals surface area contributed by atoms with Gasteiger partial charge in [-0.15, -0.1) is 0 Å². The van der Waals surface area contributed by atoms with Crippen molar-refractivity contribution in [1.82, 2.24) is 4.98 Å². The third-order valence-corrected chi connectivity index (χ3v) is 2.46. The van der Waals surface area contributed by atoms with Gasteiger partial charge in [-0.2, -0.15) is 0 Å². The molecule has 0 aromatic carbocycles. The molecule has 1 N–H and O–H groups in total. The summed E-state index contributed by atoms with van der Waals surface area (Å²) in [7, 11) is 0. The van der Waals surface area contributed by atoms with Crippen molar-refractivity contribution < 1.29 is 9.50 Å². The average Bonchev–Trinajstić information content (AvgIpc) is 2.16. The van der Waals surface area contributed by atoms with Crippen LogP contribution in [0.4, 0.5) is 4.39 Å². The number of hydrogen-bond donors (Lipinski definition) is 1. The van der Waals surface area contributed by atoms with E-state index in [9.17, 15) is 9.50 Å². The van der Waals surface area contributed by atoms with Crippen LogP contribution in [-0.2, 0) is 5.60 Å². The van der Waals surface area contributed by atoms with E-state index in [1.54, 1.807) is 18.3 Å². The lowest BCUT2D eigenvalue weighted by Gasteiger charge is -2.40. The third-order valence-electron chi connectivity index (χ3n) is 2.46. The molecule has 3 heteroatoms. The van der Waals surface area contributed by atoms with Gasteiger partial charge in [0.2, 0.25) is 0 Å². The standard InChI is InChI=1S/C9H10FNO/c10-8-3-4-9(8,12)7-2-1-5-11-6-7/h1-2,5-6,8,12H,3-4H2/t8-,9-/m1/s1. The summed E-state index contributed by atoms with van der Waals surface area (Å²) in [6, 6.07) is 3.41. The zero-order chi connectivity index (χ0) is 8.60. The number of halogens is 1. The van der Waals surface area contributed by atoms with Gasteiger partial charge in [-0.1, -0.05) is 6.07 Å². The molecular weight excluding hydrogens is 157 g/mol. The first-order valence-corrected chi connectivity index (χ1v) is 4.00. The van der Waals surface area contributed by atoms with Crippen molar-refractivity contribution >= 4 is 0 Å². The Hall–Kier alpha value is -0.960. The molecule has 1 aliphatic carbocycles. The van der Waals surface area contributed by atoms with E-state index in [4.69, 9.17) is 0 Å². The smallest absolute Gasteiger partial charge is 0.133 e. The van der Waals surface area contributed by atoms with E-state index in [-0.39, 0.29) is 0 Å². The summed E-state index contributed by atoms with van der Waals surface area (Å²) in [5.74, 6) is 0. The Balaban J connectivity index is 2.31. The predicted molar refractivity (Wildman–Crippen MR) is 42.3 cm³/mol. The molecule has 12 heavy (non-hydrogen) atoms.